The Kier molecular flexibility index (Phi) is 6.14. The van der Waals surface area contributed by atoms with Crippen molar-refractivity contribution >= 4 is 8.07 Å². The van der Waals surface area contributed by atoms with E-state index >= 15 is 0 Å². The third kappa shape index (κ3) is 5.41. The highest BCUT2D eigenvalue weighted by Crippen LogP contribution is 2.28. The lowest BCUT2D eigenvalue weighted by Crippen LogP contribution is -2.22. The Labute approximate surface area is 157 Å². The second kappa shape index (κ2) is 8.35. The van der Waals surface area contributed by atoms with Crippen LogP contribution in [0.15, 0.2) is 24.3 Å². The molecule has 0 spiro atoms. The van der Waals surface area contributed by atoms with Gasteiger partial charge in [0.05, 0.1) is 0 Å². The summed E-state index contributed by atoms with van der Waals surface area (Å²) in [4.78, 5) is 4.80. The van der Waals surface area contributed by atoms with Crippen molar-refractivity contribution in [1.82, 2.24) is 14.8 Å². The minimum absolute atomic E-state index is 0.261. The number of hydrogen-bond donors (Lipinski definition) is 1. The Morgan fingerprint density at radius 1 is 1.15 bits per heavy atom. The summed E-state index contributed by atoms with van der Waals surface area (Å²) >= 11 is 0. The van der Waals surface area contributed by atoms with Gasteiger partial charge in [-0.3, -0.25) is 0 Å². The van der Waals surface area contributed by atoms with E-state index in [4.69, 9.17) is 14.8 Å². The average Bonchev–Trinajstić information content (AvgIpc) is 3.22. The minimum atomic E-state index is -1.10. The van der Waals surface area contributed by atoms with Gasteiger partial charge in [-0.2, -0.15) is 5.10 Å². The third-order valence-electron chi connectivity index (χ3n) is 5.00. The number of rotatable bonds is 8. The fourth-order valence-corrected chi connectivity index (χ4v) is 4.15. The van der Waals surface area contributed by atoms with Crippen molar-refractivity contribution in [1.29, 1.82) is 0 Å². The summed E-state index contributed by atoms with van der Waals surface area (Å²) in [5, 5.41) is 14.3. The van der Waals surface area contributed by atoms with Crippen molar-refractivity contribution in [2.24, 2.45) is 5.92 Å². The highest BCUT2D eigenvalue weighted by molar-refractivity contribution is 6.76. The van der Waals surface area contributed by atoms with Gasteiger partial charge in [0, 0.05) is 26.7 Å². The molecular formula is C20H31N3O2Si. The Bertz CT molecular complexity index is 701. The molecule has 0 unspecified atom stereocenters. The molecular weight excluding hydrogens is 342 g/mol. The molecule has 0 amide bonds. The van der Waals surface area contributed by atoms with Crippen LogP contribution in [0.25, 0.3) is 11.4 Å². The van der Waals surface area contributed by atoms with Crippen LogP contribution in [-0.2, 0) is 17.9 Å². The van der Waals surface area contributed by atoms with Crippen molar-refractivity contribution < 1.29 is 9.84 Å². The van der Waals surface area contributed by atoms with Crippen molar-refractivity contribution in [3.8, 4) is 17.1 Å². The second-order valence-electron chi connectivity index (χ2n) is 8.60. The van der Waals surface area contributed by atoms with Crippen LogP contribution in [0.5, 0.6) is 5.75 Å². The van der Waals surface area contributed by atoms with E-state index in [0.29, 0.717) is 12.6 Å². The topological polar surface area (TPSA) is 60.2 Å². The van der Waals surface area contributed by atoms with Gasteiger partial charge in [0.2, 0.25) is 0 Å². The van der Waals surface area contributed by atoms with Gasteiger partial charge < -0.3 is 9.84 Å². The maximum atomic E-state index is 9.55. The summed E-state index contributed by atoms with van der Waals surface area (Å²) in [5.74, 6) is 2.71. The largest absolute Gasteiger partial charge is 0.508 e. The Hall–Kier alpha value is -1.66. The number of phenols is 1. The zero-order chi connectivity index (χ0) is 18.6. The lowest BCUT2D eigenvalue weighted by molar-refractivity contribution is 0.0793. The van der Waals surface area contributed by atoms with Gasteiger partial charge in [0.15, 0.2) is 11.6 Å². The Morgan fingerprint density at radius 3 is 2.50 bits per heavy atom. The molecule has 1 fully saturated rings. The number of benzene rings is 1. The zero-order valence-corrected chi connectivity index (χ0v) is 17.2. The number of aromatic hydroxyl groups is 1. The molecule has 0 radical (unpaired) electrons. The van der Waals surface area contributed by atoms with Crippen LogP contribution in [0, 0.1) is 5.92 Å². The highest BCUT2D eigenvalue weighted by atomic mass is 28.3. The minimum Gasteiger partial charge on any atom is -0.508 e. The number of ether oxygens (including phenoxy) is 1. The summed E-state index contributed by atoms with van der Waals surface area (Å²) in [5.41, 5.74) is 0.960. The van der Waals surface area contributed by atoms with E-state index in [1.54, 1.807) is 12.1 Å². The monoisotopic (exact) mass is 373 g/mol. The maximum Gasteiger partial charge on any atom is 0.160 e. The molecule has 1 aliphatic carbocycles. The second-order valence-corrected chi connectivity index (χ2v) is 14.2. The molecule has 0 aliphatic heterocycles. The van der Waals surface area contributed by atoms with E-state index in [2.05, 4.69) is 19.6 Å². The highest BCUT2D eigenvalue weighted by Gasteiger charge is 2.20. The van der Waals surface area contributed by atoms with Gasteiger partial charge in [-0.05, 0) is 36.2 Å². The van der Waals surface area contributed by atoms with Crippen LogP contribution in [0.1, 0.15) is 31.5 Å². The van der Waals surface area contributed by atoms with E-state index in [9.17, 15) is 5.11 Å². The van der Waals surface area contributed by atoms with Crippen LogP contribution < -0.4 is 0 Å². The predicted molar refractivity (Wildman–Crippen MR) is 107 cm³/mol. The van der Waals surface area contributed by atoms with Gasteiger partial charge in [-0.25, -0.2) is 9.67 Å². The fourth-order valence-electron chi connectivity index (χ4n) is 3.39. The molecule has 6 heteroatoms. The van der Waals surface area contributed by atoms with Crippen LogP contribution >= 0.6 is 0 Å². The van der Waals surface area contributed by atoms with Crippen molar-refractivity contribution in [2.75, 3.05) is 6.61 Å². The van der Waals surface area contributed by atoms with Crippen molar-refractivity contribution in [3.63, 3.8) is 0 Å². The van der Waals surface area contributed by atoms with Gasteiger partial charge in [0.25, 0.3) is 0 Å². The maximum absolute atomic E-state index is 9.55. The van der Waals surface area contributed by atoms with E-state index in [1.165, 1.54) is 25.7 Å². The molecule has 0 atom stereocenters. The van der Waals surface area contributed by atoms with Gasteiger partial charge in [-0.1, -0.05) is 45.3 Å². The predicted octanol–water partition coefficient (Wildman–Crippen LogP) is 4.70. The standard InChI is InChI=1S/C20H31N3O2Si/c1-26(2,3)13-12-25-15-23-20(17-8-10-18(24)11-9-17)21-19(22-23)14-16-6-4-5-7-16/h8-11,16,24H,4-7,12-15H2,1-3H3. The molecule has 1 N–H and O–H groups in total. The Morgan fingerprint density at radius 2 is 1.85 bits per heavy atom. The molecule has 1 aromatic heterocycles. The van der Waals surface area contributed by atoms with Gasteiger partial charge >= 0.3 is 0 Å². The number of nitrogens with zero attached hydrogens (tertiary/aromatic N) is 3. The van der Waals surface area contributed by atoms with Gasteiger partial charge in [-0.15, -0.1) is 0 Å². The van der Waals surface area contributed by atoms with E-state index in [1.807, 2.05) is 16.8 Å². The zero-order valence-electron chi connectivity index (χ0n) is 16.2. The number of aromatic nitrogens is 3. The normalized spacial score (nSPS) is 15.7. The molecule has 142 valence electrons. The smallest absolute Gasteiger partial charge is 0.160 e. The molecule has 3 rings (SSSR count). The first-order valence-electron chi connectivity index (χ1n) is 9.71. The summed E-state index contributed by atoms with van der Waals surface area (Å²) in [6, 6.07) is 8.30. The molecule has 1 heterocycles. The lowest BCUT2D eigenvalue weighted by Gasteiger charge is -2.15. The molecule has 0 bridgehead atoms. The van der Waals surface area contributed by atoms with Crippen molar-refractivity contribution in [2.45, 2.75) is 64.5 Å². The van der Waals surface area contributed by atoms with Crippen LogP contribution in [0.4, 0.5) is 0 Å². The third-order valence-corrected chi connectivity index (χ3v) is 6.70. The number of hydrogen-bond acceptors (Lipinski definition) is 4. The molecule has 2 aromatic rings. The first-order valence-corrected chi connectivity index (χ1v) is 13.4. The molecule has 26 heavy (non-hydrogen) atoms. The van der Waals surface area contributed by atoms with E-state index < -0.39 is 8.07 Å². The van der Waals surface area contributed by atoms with Crippen molar-refractivity contribution in [3.05, 3.63) is 30.1 Å². The molecule has 0 saturated heterocycles. The van der Waals surface area contributed by atoms with E-state index in [0.717, 1.165) is 36.3 Å². The fraction of sp³-hybridized carbons (Fsp3) is 0.600. The molecule has 5 nitrogen and oxygen atoms in total. The average molecular weight is 374 g/mol. The summed E-state index contributed by atoms with van der Waals surface area (Å²) < 4.78 is 7.79. The van der Waals surface area contributed by atoms with Crippen LogP contribution in [0.2, 0.25) is 25.7 Å². The van der Waals surface area contributed by atoms with Crippen LogP contribution in [0.3, 0.4) is 0 Å². The SMILES string of the molecule is C[Si](C)(C)CCOCn1nc(CC2CCCC2)nc1-c1ccc(O)cc1. The lowest BCUT2D eigenvalue weighted by atomic mass is 10.0. The molecule has 1 saturated carbocycles. The van der Waals surface area contributed by atoms with Gasteiger partial charge in [0.1, 0.15) is 12.5 Å². The number of phenolic OH excluding ortho intramolecular Hbond substituents is 1. The molecule has 1 aliphatic rings. The van der Waals surface area contributed by atoms with Crippen LogP contribution in [-0.4, -0.2) is 34.6 Å². The molecule has 1 aromatic carbocycles. The summed E-state index contributed by atoms with van der Waals surface area (Å²) in [6.07, 6.45) is 6.19. The Balaban J connectivity index is 1.73. The summed E-state index contributed by atoms with van der Waals surface area (Å²) in [6.45, 7) is 8.26. The first kappa shape index (κ1) is 19.1. The summed E-state index contributed by atoms with van der Waals surface area (Å²) in [7, 11) is -1.10. The first-order chi connectivity index (χ1) is 12.4. The quantitative estimate of drug-likeness (QED) is 0.538. The van der Waals surface area contributed by atoms with E-state index in [-0.39, 0.29) is 5.75 Å².